The summed E-state index contributed by atoms with van der Waals surface area (Å²) in [6.07, 6.45) is -3.33. The Balaban J connectivity index is 1.62. The van der Waals surface area contributed by atoms with Gasteiger partial charge in [0.15, 0.2) is 0 Å². The Bertz CT molecular complexity index is 1890. The summed E-state index contributed by atoms with van der Waals surface area (Å²) in [7, 11) is 0. The van der Waals surface area contributed by atoms with Crippen molar-refractivity contribution in [2.24, 2.45) is 5.92 Å². The number of carbonyl (C=O) groups is 9. The monoisotopic (exact) mass is 838 g/mol. The largest absolute Gasteiger partial charge is 0.481 e. The maximum absolute atomic E-state index is 13.4. The van der Waals surface area contributed by atoms with Gasteiger partial charge in [-0.05, 0) is 68.2 Å². The Labute approximate surface area is 346 Å². The molecule has 0 heterocycles. The number of carboxylic acids is 3. The molecule has 10 N–H and O–H groups in total. The normalized spacial score (nSPS) is 15.3. The molecule has 3 rings (SSSR count). The summed E-state index contributed by atoms with van der Waals surface area (Å²) in [4.78, 5) is 113. The fraction of sp³-hybridized carbons (Fsp3) is 0.488. The van der Waals surface area contributed by atoms with Crippen LogP contribution in [0.3, 0.4) is 0 Å². The third-order valence-corrected chi connectivity index (χ3v) is 10.00. The number of nitrogens with one attached hydrogen (secondary N) is 6. The zero-order valence-electron chi connectivity index (χ0n) is 34.0. The molecule has 1 aliphatic carbocycles. The molecule has 7 atom stereocenters. The Morgan fingerprint density at radius 1 is 0.533 bits per heavy atom. The second kappa shape index (κ2) is 22.1. The number of hydrogen-bond acceptors (Lipinski definition) is 10. The number of aliphatic hydroxyl groups excluding tert-OH is 1. The van der Waals surface area contributed by atoms with Crippen molar-refractivity contribution in [1.29, 1.82) is 0 Å². The molecule has 0 unspecified atom stereocenters. The van der Waals surface area contributed by atoms with Gasteiger partial charge in [-0.2, -0.15) is 0 Å². The highest BCUT2D eigenvalue weighted by molar-refractivity contribution is 5.97. The van der Waals surface area contributed by atoms with Gasteiger partial charge < -0.3 is 52.3 Å². The zero-order valence-corrected chi connectivity index (χ0v) is 34.0. The van der Waals surface area contributed by atoms with Crippen molar-refractivity contribution >= 4 is 53.4 Å². The Morgan fingerprint density at radius 2 is 0.967 bits per heavy atom. The van der Waals surface area contributed by atoms with Gasteiger partial charge in [0.05, 0.1) is 6.10 Å². The lowest BCUT2D eigenvalue weighted by Gasteiger charge is -2.28. The van der Waals surface area contributed by atoms with Crippen LogP contribution >= 0.6 is 0 Å². The fourth-order valence-corrected chi connectivity index (χ4v) is 6.69. The van der Waals surface area contributed by atoms with Gasteiger partial charge in [-0.1, -0.05) is 62.4 Å². The van der Waals surface area contributed by atoms with E-state index in [1.165, 1.54) is 27.7 Å². The topological polar surface area (TPSA) is 307 Å². The maximum atomic E-state index is 13.4. The number of hydrogen-bond donors (Lipinski definition) is 10. The van der Waals surface area contributed by atoms with Crippen LogP contribution in [0.4, 0.5) is 0 Å². The Kier molecular flexibility index (Phi) is 17.7. The summed E-state index contributed by atoms with van der Waals surface area (Å²) in [5.41, 5.74) is 4.43. The molecule has 0 saturated heterocycles. The van der Waals surface area contributed by atoms with Crippen LogP contribution in [0.15, 0.2) is 48.5 Å². The predicted molar refractivity (Wildman–Crippen MR) is 214 cm³/mol. The average molecular weight is 839 g/mol. The molecule has 0 saturated carbocycles. The number of benzene rings is 2. The van der Waals surface area contributed by atoms with Crippen LogP contribution in [0.25, 0.3) is 11.1 Å². The first-order valence-corrected chi connectivity index (χ1v) is 19.6. The van der Waals surface area contributed by atoms with Crippen molar-refractivity contribution in [2.75, 3.05) is 0 Å². The van der Waals surface area contributed by atoms with Crippen LogP contribution in [0.1, 0.15) is 90.2 Å². The molecule has 6 amide bonds. The SMILES string of the molecule is CC(C)[C@H](NC(=O)[C@H](CCC(=O)O)NC(=O)[C@@H](NC(=O)[C@H](CCC(=O)O)NC(=O)[C@H](C)NC(=O)[C@H](C)NC(=O)CCC1c2ccccc2-c2ccccc21)[C@@H](C)O)C(=O)O. The standard InChI is InChI=1S/C41H54N6O13/c1-20(2)34(41(59)60)46-38(56)30(16-19-33(52)53)45-40(58)35(23(5)48)47-39(57)29(15-18-32(50)51)44-37(55)22(4)43-36(54)21(3)42-31(49)17-14-28-26-12-8-6-10-24(26)25-11-7-9-13-27(25)28/h6-13,20-23,28-30,34-35,48H,14-19H2,1-5H3,(H,42,49)(H,43,54)(H,44,55)(H,45,58)(H,46,56)(H,47,57)(H,50,51)(H,52,53)(H,59,60)/t21-,22-,23+,29-,30-,34-,35-/m0/s1. The maximum Gasteiger partial charge on any atom is 0.326 e. The molecule has 60 heavy (non-hydrogen) atoms. The smallest absolute Gasteiger partial charge is 0.326 e. The molecular weight excluding hydrogens is 784 g/mol. The van der Waals surface area contributed by atoms with Crippen molar-refractivity contribution in [2.45, 2.75) is 121 Å². The van der Waals surface area contributed by atoms with Crippen LogP contribution in [0, 0.1) is 5.92 Å². The van der Waals surface area contributed by atoms with E-state index in [-0.39, 0.29) is 12.3 Å². The third-order valence-electron chi connectivity index (χ3n) is 10.00. The summed E-state index contributed by atoms with van der Waals surface area (Å²) in [5, 5.41) is 52.5. The first kappa shape index (κ1) is 48.0. The zero-order chi connectivity index (χ0) is 44.8. The number of aliphatic hydroxyl groups is 1. The summed E-state index contributed by atoms with van der Waals surface area (Å²) in [6.45, 7) is 6.83. The van der Waals surface area contributed by atoms with E-state index < -0.39 is 127 Å². The lowest BCUT2D eigenvalue weighted by Crippen LogP contribution is -2.61. The van der Waals surface area contributed by atoms with E-state index in [0.717, 1.165) is 29.2 Å². The van der Waals surface area contributed by atoms with Crippen LogP contribution in [0.2, 0.25) is 0 Å². The van der Waals surface area contributed by atoms with Gasteiger partial charge in [-0.3, -0.25) is 38.4 Å². The predicted octanol–water partition coefficient (Wildman–Crippen LogP) is 0.379. The molecule has 1 aliphatic rings. The molecule has 19 heteroatoms. The molecule has 326 valence electrons. The van der Waals surface area contributed by atoms with Crippen LogP contribution < -0.4 is 31.9 Å². The quantitative estimate of drug-likeness (QED) is 0.0725. The van der Waals surface area contributed by atoms with E-state index in [2.05, 4.69) is 31.9 Å². The van der Waals surface area contributed by atoms with E-state index in [1.54, 1.807) is 0 Å². The first-order valence-electron chi connectivity index (χ1n) is 19.6. The summed E-state index contributed by atoms with van der Waals surface area (Å²) in [5.74, 6) is -10.1. The van der Waals surface area contributed by atoms with Gasteiger partial charge in [-0.25, -0.2) is 4.79 Å². The molecule has 0 fully saturated rings. The highest BCUT2D eigenvalue weighted by Gasteiger charge is 2.35. The lowest BCUT2D eigenvalue weighted by molar-refractivity contribution is -0.144. The highest BCUT2D eigenvalue weighted by Crippen LogP contribution is 2.46. The molecule has 0 aliphatic heterocycles. The Hall–Kier alpha value is -6.37. The minimum absolute atomic E-state index is 0.0112. The van der Waals surface area contributed by atoms with Gasteiger partial charge in [0.2, 0.25) is 35.4 Å². The minimum Gasteiger partial charge on any atom is -0.481 e. The number of rotatable bonds is 23. The summed E-state index contributed by atoms with van der Waals surface area (Å²) in [6, 6.07) is 7.06. The third kappa shape index (κ3) is 13.6. The molecule has 0 spiro atoms. The van der Waals surface area contributed by atoms with Gasteiger partial charge in [0.25, 0.3) is 0 Å². The molecule has 19 nitrogen and oxygen atoms in total. The molecule has 0 aromatic heterocycles. The van der Waals surface area contributed by atoms with Crippen LogP contribution in [-0.2, 0) is 43.2 Å². The minimum atomic E-state index is -1.83. The van der Waals surface area contributed by atoms with E-state index in [0.29, 0.717) is 6.42 Å². The van der Waals surface area contributed by atoms with Crippen LogP contribution in [0.5, 0.6) is 0 Å². The molecular formula is C41H54N6O13. The summed E-state index contributed by atoms with van der Waals surface area (Å²) >= 11 is 0. The van der Waals surface area contributed by atoms with Crippen molar-refractivity contribution in [1.82, 2.24) is 31.9 Å². The number of fused-ring (bicyclic) bond motifs is 3. The molecule has 2 aromatic carbocycles. The van der Waals surface area contributed by atoms with Crippen molar-refractivity contribution in [3.8, 4) is 11.1 Å². The van der Waals surface area contributed by atoms with E-state index in [1.807, 2.05) is 48.5 Å². The first-order chi connectivity index (χ1) is 28.2. The van der Waals surface area contributed by atoms with E-state index in [4.69, 9.17) is 0 Å². The Morgan fingerprint density at radius 3 is 1.42 bits per heavy atom. The van der Waals surface area contributed by atoms with E-state index >= 15 is 0 Å². The molecule has 0 radical (unpaired) electrons. The van der Waals surface area contributed by atoms with Crippen molar-refractivity contribution in [3.63, 3.8) is 0 Å². The van der Waals surface area contributed by atoms with Gasteiger partial charge in [-0.15, -0.1) is 0 Å². The van der Waals surface area contributed by atoms with Gasteiger partial charge in [0.1, 0.15) is 36.3 Å². The lowest BCUT2D eigenvalue weighted by atomic mass is 9.92. The number of amides is 6. The van der Waals surface area contributed by atoms with Gasteiger partial charge in [0, 0.05) is 25.2 Å². The van der Waals surface area contributed by atoms with Crippen LogP contribution in [-0.4, -0.2) is 116 Å². The second-order valence-corrected chi connectivity index (χ2v) is 15.1. The van der Waals surface area contributed by atoms with Gasteiger partial charge >= 0.3 is 17.9 Å². The van der Waals surface area contributed by atoms with Crippen molar-refractivity contribution < 1.29 is 63.6 Å². The number of carbonyl (C=O) groups excluding carboxylic acids is 6. The summed E-state index contributed by atoms with van der Waals surface area (Å²) < 4.78 is 0. The highest BCUT2D eigenvalue weighted by atomic mass is 16.4. The molecule has 0 bridgehead atoms. The number of carboxylic acid groups (broad SMARTS) is 3. The second-order valence-electron chi connectivity index (χ2n) is 15.1. The molecule has 2 aromatic rings. The average Bonchev–Trinajstić information content (AvgIpc) is 3.50. The van der Waals surface area contributed by atoms with E-state index in [9.17, 15) is 63.6 Å². The van der Waals surface area contributed by atoms with Crippen molar-refractivity contribution in [3.05, 3.63) is 59.7 Å². The fourth-order valence-electron chi connectivity index (χ4n) is 6.69. The number of aliphatic carboxylic acids is 3.